The molecular formula is C21H32GeN+. The van der Waals surface area contributed by atoms with Crippen molar-refractivity contribution < 1.29 is 4.57 Å². The van der Waals surface area contributed by atoms with Crippen LogP contribution >= 0.6 is 0 Å². The van der Waals surface area contributed by atoms with Gasteiger partial charge in [0.25, 0.3) is 0 Å². The molecule has 124 valence electrons. The number of aromatic nitrogens is 1. The van der Waals surface area contributed by atoms with Crippen molar-refractivity contribution in [3.8, 4) is 11.3 Å². The first-order chi connectivity index (χ1) is 10.5. The molecule has 0 aliphatic rings. The molecular weight excluding hydrogens is 339 g/mol. The predicted molar refractivity (Wildman–Crippen MR) is 104 cm³/mol. The summed E-state index contributed by atoms with van der Waals surface area (Å²) in [6, 6.07) is 7.06. The molecule has 0 amide bonds. The van der Waals surface area contributed by atoms with Gasteiger partial charge in [0, 0.05) is 0 Å². The van der Waals surface area contributed by atoms with Crippen molar-refractivity contribution in [2.75, 3.05) is 0 Å². The van der Waals surface area contributed by atoms with Crippen LogP contribution in [0.15, 0.2) is 24.4 Å². The fourth-order valence-corrected chi connectivity index (χ4v) is 7.39. The van der Waals surface area contributed by atoms with Gasteiger partial charge in [0.15, 0.2) is 0 Å². The Morgan fingerprint density at radius 1 is 0.913 bits per heavy atom. The first-order valence-electron chi connectivity index (χ1n) is 8.64. The van der Waals surface area contributed by atoms with Gasteiger partial charge in [0.05, 0.1) is 0 Å². The molecule has 2 heteroatoms. The normalized spacial score (nSPS) is 12.1. The zero-order chi connectivity index (χ0) is 17.5. The monoisotopic (exact) mass is 372 g/mol. The molecule has 1 nitrogen and oxygen atoms in total. The molecule has 1 aromatic carbocycles. The summed E-state index contributed by atoms with van der Waals surface area (Å²) in [6.45, 7) is 11.3. The molecule has 0 radical (unpaired) electrons. The fraction of sp³-hybridized carbons (Fsp3) is 0.476. The molecule has 0 aliphatic carbocycles. The summed E-state index contributed by atoms with van der Waals surface area (Å²) in [5, 5.41) is 0. The molecule has 2 rings (SSSR count). The molecule has 0 atom stereocenters. The molecule has 0 bridgehead atoms. The Labute approximate surface area is 145 Å². The van der Waals surface area contributed by atoms with Gasteiger partial charge in [-0.05, 0) is 0 Å². The first kappa shape index (κ1) is 18.3. The van der Waals surface area contributed by atoms with Crippen LogP contribution in [-0.2, 0) is 7.05 Å². The third kappa shape index (κ3) is 3.71. The molecule has 0 N–H and O–H groups in total. The van der Waals surface area contributed by atoms with Crippen LogP contribution in [-0.4, -0.2) is 13.3 Å². The van der Waals surface area contributed by atoms with Crippen molar-refractivity contribution >= 4 is 17.7 Å². The predicted octanol–water partition coefficient (Wildman–Crippen LogP) is 4.77. The van der Waals surface area contributed by atoms with Crippen LogP contribution in [0, 0.1) is 20.8 Å². The zero-order valence-electron chi connectivity index (χ0n) is 16.3. The van der Waals surface area contributed by atoms with E-state index in [2.05, 4.69) is 87.9 Å². The average molecular weight is 371 g/mol. The Morgan fingerprint density at radius 3 is 1.87 bits per heavy atom. The fourth-order valence-electron chi connectivity index (χ4n) is 3.60. The van der Waals surface area contributed by atoms with Crippen molar-refractivity contribution in [1.29, 1.82) is 0 Å². The third-order valence-electron chi connectivity index (χ3n) is 4.67. The van der Waals surface area contributed by atoms with Crippen molar-refractivity contribution in [2.45, 2.75) is 57.8 Å². The van der Waals surface area contributed by atoms with Gasteiger partial charge in [-0.25, -0.2) is 0 Å². The van der Waals surface area contributed by atoms with Crippen molar-refractivity contribution in [3.05, 3.63) is 46.6 Å². The Morgan fingerprint density at radius 2 is 1.43 bits per heavy atom. The van der Waals surface area contributed by atoms with Gasteiger partial charge in [-0.1, -0.05) is 0 Å². The molecule has 0 saturated heterocycles. The van der Waals surface area contributed by atoms with Crippen LogP contribution in [0.25, 0.3) is 11.3 Å². The minimum absolute atomic E-state index is 0.570. The summed E-state index contributed by atoms with van der Waals surface area (Å²) >= 11 is -1.88. The minimum atomic E-state index is -1.88. The molecule has 23 heavy (non-hydrogen) atoms. The molecule has 1 aromatic heterocycles. The topological polar surface area (TPSA) is 3.88 Å². The Hall–Kier alpha value is -1.09. The van der Waals surface area contributed by atoms with Gasteiger partial charge in [-0.15, -0.1) is 0 Å². The van der Waals surface area contributed by atoms with E-state index in [1.807, 2.05) is 0 Å². The summed E-state index contributed by atoms with van der Waals surface area (Å²) in [5.74, 6) is 8.04. The van der Waals surface area contributed by atoms with Gasteiger partial charge in [0.1, 0.15) is 0 Å². The van der Waals surface area contributed by atoms with E-state index in [4.69, 9.17) is 0 Å². The molecule has 0 unspecified atom stereocenters. The standard InChI is InChI=1S/C21H32GeN/c1-14(2)18-12-20(23(9)13-19(18)22(6,7)8)21-16(4)10-15(3)11-17(21)5/h10-14H,1-9H3/q+1. The number of nitrogens with zero attached hydrogens (tertiary/aromatic N) is 1. The molecule has 0 spiro atoms. The molecule has 0 aliphatic heterocycles. The van der Waals surface area contributed by atoms with Crippen LogP contribution in [0.5, 0.6) is 0 Å². The van der Waals surface area contributed by atoms with Gasteiger partial charge >= 0.3 is 145 Å². The quantitative estimate of drug-likeness (QED) is 0.541. The number of benzene rings is 1. The van der Waals surface area contributed by atoms with Crippen LogP contribution in [0.3, 0.4) is 0 Å². The number of rotatable bonds is 3. The Kier molecular flexibility index (Phi) is 5.10. The van der Waals surface area contributed by atoms with Gasteiger partial charge in [-0.2, -0.15) is 0 Å². The van der Waals surface area contributed by atoms with E-state index in [-0.39, 0.29) is 0 Å². The SMILES string of the molecule is Cc1cc(C)c(-c2cc(C(C)C)[c]([Ge]([CH3])([CH3])[CH3])c[n+]2C)c(C)c1. The summed E-state index contributed by atoms with van der Waals surface area (Å²) in [7, 11) is 2.20. The maximum absolute atomic E-state index is 2.49. The van der Waals surface area contributed by atoms with Crippen LogP contribution in [0.4, 0.5) is 0 Å². The summed E-state index contributed by atoms with van der Waals surface area (Å²) in [5.41, 5.74) is 8.38. The molecule has 0 saturated carbocycles. The van der Waals surface area contributed by atoms with E-state index in [1.165, 1.54) is 27.9 Å². The molecule has 1 heterocycles. The third-order valence-corrected chi connectivity index (χ3v) is 8.94. The molecule has 2 aromatic rings. The summed E-state index contributed by atoms with van der Waals surface area (Å²) in [4.78, 5) is 0. The zero-order valence-corrected chi connectivity index (χ0v) is 18.4. The number of aryl methyl sites for hydroxylation is 4. The number of hydrogen-bond acceptors (Lipinski definition) is 0. The average Bonchev–Trinajstić information content (AvgIpc) is 2.37. The van der Waals surface area contributed by atoms with E-state index in [0.717, 1.165) is 0 Å². The van der Waals surface area contributed by atoms with Gasteiger partial charge in [-0.3, -0.25) is 0 Å². The van der Waals surface area contributed by atoms with E-state index in [1.54, 1.807) is 9.96 Å². The first-order valence-corrected chi connectivity index (χ1v) is 16.0. The Bertz CT molecular complexity index is 713. The van der Waals surface area contributed by atoms with E-state index < -0.39 is 13.3 Å². The van der Waals surface area contributed by atoms with E-state index >= 15 is 0 Å². The van der Waals surface area contributed by atoms with Crippen molar-refractivity contribution in [3.63, 3.8) is 0 Å². The summed E-state index contributed by atoms with van der Waals surface area (Å²) in [6.07, 6.45) is 2.42. The maximum atomic E-state index is 2.49. The van der Waals surface area contributed by atoms with Crippen molar-refractivity contribution in [1.82, 2.24) is 0 Å². The van der Waals surface area contributed by atoms with Crippen LogP contribution < -0.4 is 8.96 Å². The number of hydrogen-bond donors (Lipinski definition) is 0. The van der Waals surface area contributed by atoms with Crippen LogP contribution in [0.2, 0.25) is 17.3 Å². The Balaban J connectivity index is 2.78. The second-order valence-electron chi connectivity index (χ2n) is 8.32. The summed E-state index contributed by atoms with van der Waals surface area (Å²) < 4.78 is 3.98. The van der Waals surface area contributed by atoms with Crippen LogP contribution in [0.1, 0.15) is 42.0 Å². The molecule has 0 fully saturated rings. The second kappa shape index (κ2) is 6.43. The number of pyridine rings is 1. The van der Waals surface area contributed by atoms with E-state index in [9.17, 15) is 0 Å². The second-order valence-corrected chi connectivity index (χ2v) is 18.9. The van der Waals surface area contributed by atoms with E-state index in [0.29, 0.717) is 5.92 Å². The van der Waals surface area contributed by atoms with Gasteiger partial charge < -0.3 is 0 Å². The van der Waals surface area contributed by atoms with Crippen molar-refractivity contribution in [2.24, 2.45) is 7.05 Å². The van der Waals surface area contributed by atoms with Gasteiger partial charge in [0.2, 0.25) is 0 Å².